The molecule has 1 rings (SSSR count). The Bertz CT molecular complexity index is 433. The number of aryl methyl sites for hydroxylation is 1. The van der Waals surface area contributed by atoms with Crippen LogP contribution in [0.25, 0.3) is 0 Å². The number of nitrogens with zero attached hydrogens (tertiary/aromatic N) is 1. The molecule has 0 aromatic heterocycles. The molecule has 0 aliphatic carbocycles. The molecule has 0 radical (unpaired) electrons. The minimum atomic E-state index is -1.16. The van der Waals surface area contributed by atoms with Crippen molar-refractivity contribution in [3.05, 3.63) is 33.9 Å². The summed E-state index contributed by atoms with van der Waals surface area (Å²) in [6.07, 6.45) is -1.16. The van der Waals surface area contributed by atoms with Crippen LogP contribution in [0.1, 0.15) is 5.56 Å². The Morgan fingerprint density at radius 2 is 2.29 bits per heavy atom. The maximum atomic E-state index is 10.7. The number of carbonyl (C=O) groups is 1. The summed E-state index contributed by atoms with van der Waals surface area (Å²) in [5.74, 6) is 0.141. The minimum Gasteiger partial charge on any atom is -0.485 e. The Morgan fingerprint density at radius 1 is 1.59 bits per heavy atom. The summed E-state index contributed by atoms with van der Waals surface area (Å²) >= 11 is 0. The lowest BCUT2D eigenvalue weighted by molar-refractivity contribution is -0.385. The van der Waals surface area contributed by atoms with Crippen molar-refractivity contribution in [3.8, 4) is 5.75 Å². The molecule has 0 atom stereocenters. The van der Waals surface area contributed by atoms with Gasteiger partial charge in [-0.05, 0) is 18.6 Å². The predicted octanol–water partition coefficient (Wildman–Crippen LogP) is 1.55. The second-order valence-electron chi connectivity index (χ2n) is 3.31. The van der Waals surface area contributed by atoms with Crippen molar-refractivity contribution < 1.29 is 19.6 Å². The number of benzene rings is 1. The highest BCUT2D eigenvalue weighted by Gasteiger charge is 2.14. The maximum absolute atomic E-state index is 10.7. The first kappa shape index (κ1) is 12.8. The van der Waals surface area contributed by atoms with E-state index in [9.17, 15) is 14.9 Å². The van der Waals surface area contributed by atoms with Crippen LogP contribution >= 0.6 is 0 Å². The first-order valence-corrected chi connectivity index (χ1v) is 4.85. The molecule has 92 valence electrons. The molecule has 7 heteroatoms. The molecule has 2 N–H and O–H groups in total. The zero-order chi connectivity index (χ0) is 12.8. The summed E-state index contributed by atoms with van der Waals surface area (Å²) in [6.45, 7) is 1.89. The van der Waals surface area contributed by atoms with Crippen molar-refractivity contribution in [2.24, 2.45) is 0 Å². The van der Waals surface area contributed by atoms with E-state index < -0.39 is 11.0 Å². The third kappa shape index (κ3) is 3.98. The number of nitrogens with one attached hydrogen (secondary N) is 1. The Balaban J connectivity index is 2.65. The topological polar surface area (TPSA) is 102 Å². The first-order valence-electron chi connectivity index (χ1n) is 4.85. The van der Waals surface area contributed by atoms with E-state index in [1.165, 1.54) is 6.07 Å². The van der Waals surface area contributed by atoms with Gasteiger partial charge in [0.1, 0.15) is 6.61 Å². The average Bonchev–Trinajstić information content (AvgIpc) is 2.23. The number of carboxylic acid groups (broad SMARTS) is 1. The van der Waals surface area contributed by atoms with E-state index in [0.717, 1.165) is 5.56 Å². The van der Waals surface area contributed by atoms with Crippen LogP contribution < -0.4 is 10.1 Å². The van der Waals surface area contributed by atoms with Gasteiger partial charge in [0, 0.05) is 6.07 Å². The van der Waals surface area contributed by atoms with Crippen LogP contribution in [0.3, 0.4) is 0 Å². The van der Waals surface area contributed by atoms with Crippen molar-refractivity contribution in [1.82, 2.24) is 5.32 Å². The molecule has 1 aromatic rings. The number of amides is 1. The maximum Gasteiger partial charge on any atom is 0.404 e. The molecule has 1 amide bonds. The van der Waals surface area contributed by atoms with E-state index in [2.05, 4.69) is 5.32 Å². The number of nitro groups is 1. The Kier molecular flexibility index (Phi) is 4.27. The molecule has 7 nitrogen and oxygen atoms in total. The molecular formula is C10H12N2O5. The molecule has 0 fully saturated rings. The molecular weight excluding hydrogens is 228 g/mol. The summed E-state index contributed by atoms with van der Waals surface area (Å²) in [5.41, 5.74) is 0.697. The van der Waals surface area contributed by atoms with Crippen LogP contribution in [0.5, 0.6) is 5.75 Å². The minimum absolute atomic E-state index is 0.0383. The SMILES string of the molecule is Cc1ccc([N+](=O)[O-])c(OCCNC(=O)O)c1. The summed E-state index contributed by atoms with van der Waals surface area (Å²) in [5, 5.41) is 21.1. The molecule has 0 heterocycles. The van der Waals surface area contributed by atoms with Gasteiger partial charge in [-0.25, -0.2) is 4.79 Å². The molecule has 0 saturated carbocycles. The predicted molar refractivity (Wildman–Crippen MR) is 59.4 cm³/mol. The summed E-state index contributed by atoms with van der Waals surface area (Å²) in [4.78, 5) is 20.3. The van der Waals surface area contributed by atoms with Gasteiger partial charge in [0.05, 0.1) is 11.5 Å². The fraction of sp³-hybridized carbons (Fsp3) is 0.300. The third-order valence-corrected chi connectivity index (χ3v) is 1.95. The molecule has 1 aromatic carbocycles. The third-order valence-electron chi connectivity index (χ3n) is 1.95. The lowest BCUT2D eigenvalue weighted by Crippen LogP contribution is -2.26. The molecule has 17 heavy (non-hydrogen) atoms. The highest BCUT2D eigenvalue weighted by molar-refractivity contribution is 5.64. The zero-order valence-electron chi connectivity index (χ0n) is 9.17. The largest absolute Gasteiger partial charge is 0.485 e. The summed E-state index contributed by atoms with van der Waals surface area (Å²) in [6, 6.07) is 4.51. The van der Waals surface area contributed by atoms with Crippen LogP contribution in [0.4, 0.5) is 10.5 Å². The molecule has 0 aliphatic rings. The number of rotatable bonds is 5. The quantitative estimate of drug-likeness (QED) is 0.462. The highest BCUT2D eigenvalue weighted by Crippen LogP contribution is 2.27. The molecule has 0 bridgehead atoms. The van der Waals surface area contributed by atoms with Gasteiger partial charge in [-0.3, -0.25) is 10.1 Å². The second-order valence-corrected chi connectivity index (χ2v) is 3.31. The number of hydrogen-bond donors (Lipinski definition) is 2. The number of nitro benzene ring substituents is 1. The molecule has 0 aliphatic heterocycles. The van der Waals surface area contributed by atoms with Crippen molar-refractivity contribution in [3.63, 3.8) is 0 Å². The fourth-order valence-electron chi connectivity index (χ4n) is 1.21. The van der Waals surface area contributed by atoms with Crippen LogP contribution in [0, 0.1) is 17.0 Å². The smallest absolute Gasteiger partial charge is 0.404 e. The van der Waals surface area contributed by atoms with E-state index in [-0.39, 0.29) is 24.6 Å². The van der Waals surface area contributed by atoms with Crippen molar-refractivity contribution in [2.45, 2.75) is 6.92 Å². The Labute approximate surface area is 97.2 Å². The molecule has 0 spiro atoms. The lowest BCUT2D eigenvalue weighted by Gasteiger charge is -2.07. The van der Waals surface area contributed by atoms with Crippen molar-refractivity contribution in [1.29, 1.82) is 0 Å². The number of ether oxygens (including phenoxy) is 1. The monoisotopic (exact) mass is 240 g/mol. The van der Waals surface area contributed by atoms with Gasteiger partial charge in [0.15, 0.2) is 5.75 Å². The Morgan fingerprint density at radius 3 is 2.88 bits per heavy atom. The number of hydrogen-bond acceptors (Lipinski definition) is 4. The van der Waals surface area contributed by atoms with E-state index in [0.29, 0.717) is 0 Å². The van der Waals surface area contributed by atoms with E-state index in [1.807, 2.05) is 0 Å². The van der Waals surface area contributed by atoms with Gasteiger partial charge in [0.2, 0.25) is 0 Å². The van der Waals surface area contributed by atoms with E-state index in [4.69, 9.17) is 9.84 Å². The van der Waals surface area contributed by atoms with E-state index >= 15 is 0 Å². The van der Waals surface area contributed by atoms with Gasteiger partial charge in [0.25, 0.3) is 0 Å². The van der Waals surface area contributed by atoms with Crippen LogP contribution in [-0.4, -0.2) is 29.3 Å². The normalized spacial score (nSPS) is 9.71. The molecule has 0 unspecified atom stereocenters. The van der Waals surface area contributed by atoms with E-state index in [1.54, 1.807) is 19.1 Å². The fourth-order valence-corrected chi connectivity index (χ4v) is 1.21. The average molecular weight is 240 g/mol. The van der Waals surface area contributed by atoms with Crippen molar-refractivity contribution in [2.75, 3.05) is 13.2 Å². The standard InChI is InChI=1S/C10H12N2O5/c1-7-2-3-8(12(15)16)9(6-7)17-5-4-11-10(13)14/h2-3,6,11H,4-5H2,1H3,(H,13,14). The van der Waals surface area contributed by atoms with Crippen LogP contribution in [0.15, 0.2) is 18.2 Å². The highest BCUT2D eigenvalue weighted by atomic mass is 16.6. The van der Waals surface area contributed by atoms with Crippen LogP contribution in [-0.2, 0) is 0 Å². The van der Waals surface area contributed by atoms with Gasteiger partial charge in [-0.1, -0.05) is 6.07 Å². The van der Waals surface area contributed by atoms with Crippen LogP contribution in [0.2, 0.25) is 0 Å². The zero-order valence-corrected chi connectivity index (χ0v) is 9.17. The van der Waals surface area contributed by atoms with Gasteiger partial charge < -0.3 is 15.2 Å². The van der Waals surface area contributed by atoms with Gasteiger partial charge in [-0.15, -0.1) is 0 Å². The van der Waals surface area contributed by atoms with Gasteiger partial charge in [-0.2, -0.15) is 0 Å². The van der Waals surface area contributed by atoms with Crippen molar-refractivity contribution >= 4 is 11.8 Å². The first-order chi connectivity index (χ1) is 8.00. The lowest BCUT2D eigenvalue weighted by atomic mass is 10.2. The Hall–Kier alpha value is -2.31. The van der Waals surface area contributed by atoms with Gasteiger partial charge >= 0.3 is 11.8 Å². The summed E-state index contributed by atoms with van der Waals surface area (Å²) < 4.78 is 5.16. The molecule has 0 saturated heterocycles. The summed E-state index contributed by atoms with van der Waals surface area (Å²) in [7, 11) is 0. The second kappa shape index (κ2) is 5.69.